The van der Waals surface area contributed by atoms with Gasteiger partial charge in [0, 0.05) is 12.1 Å². The van der Waals surface area contributed by atoms with E-state index in [1.165, 1.54) is 32.1 Å². The predicted molar refractivity (Wildman–Crippen MR) is 85.1 cm³/mol. The van der Waals surface area contributed by atoms with Crippen molar-refractivity contribution in [2.45, 2.75) is 32.1 Å². The number of nitrogens with two attached hydrogens (primary N) is 1. The molecule has 2 rings (SSSR count). The van der Waals surface area contributed by atoms with Crippen LogP contribution in [0.1, 0.15) is 37.7 Å². The van der Waals surface area contributed by atoms with Gasteiger partial charge in [0.15, 0.2) is 5.82 Å². The minimum absolute atomic E-state index is 0.199. The first-order valence-corrected chi connectivity index (χ1v) is 7.81. The Balaban J connectivity index is 2.04. The Kier molecular flexibility index (Phi) is 5.16. The van der Waals surface area contributed by atoms with Crippen molar-refractivity contribution in [3.8, 4) is 0 Å². The van der Waals surface area contributed by atoms with Gasteiger partial charge in [-0.1, -0.05) is 31.5 Å². The molecule has 0 amide bonds. The minimum atomic E-state index is -0.318. The molecule has 104 valence electrons. The van der Waals surface area contributed by atoms with E-state index < -0.39 is 0 Å². The van der Waals surface area contributed by atoms with Crippen molar-refractivity contribution >= 4 is 38.8 Å². The van der Waals surface area contributed by atoms with Gasteiger partial charge >= 0.3 is 0 Å². The molecule has 0 unspecified atom stereocenters. The monoisotopic (exact) mass is 344 g/mol. The van der Waals surface area contributed by atoms with Gasteiger partial charge < -0.3 is 11.1 Å². The van der Waals surface area contributed by atoms with E-state index in [4.69, 9.17) is 18.0 Å². The maximum atomic E-state index is 14.2. The third-order valence-electron chi connectivity index (χ3n) is 3.65. The number of halogens is 2. The van der Waals surface area contributed by atoms with Gasteiger partial charge in [-0.15, -0.1) is 0 Å². The fourth-order valence-electron chi connectivity index (χ4n) is 2.52. The molecule has 0 heterocycles. The summed E-state index contributed by atoms with van der Waals surface area (Å²) >= 11 is 8.10. The molecule has 0 radical (unpaired) electrons. The van der Waals surface area contributed by atoms with Crippen molar-refractivity contribution in [1.29, 1.82) is 0 Å². The standard InChI is InChI=1S/C14H18BrFN2S/c15-12-10(14(17)19)6-7-11(13(12)16)18-8-9-4-2-1-3-5-9/h6-7,9,18H,1-5,8H2,(H2,17,19). The van der Waals surface area contributed by atoms with Crippen LogP contribution >= 0.6 is 28.1 Å². The number of nitrogens with one attached hydrogen (secondary N) is 1. The van der Waals surface area contributed by atoms with Crippen LogP contribution in [0.15, 0.2) is 16.6 Å². The second-order valence-corrected chi connectivity index (χ2v) is 6.27. The van der Waals surface area contributed by atoms with E-state index in [9.17, 15) is 4.39 Å². The van der Waals surface area contributed by atoms with E-state index in [2.05, 4.69) is 21.2 Å². The van der Waals surface area contributed by atoms with Crippen molar-refractivity contribution in [2.75, 3.05) is 11.9 Å². The number of anilines is 1. The Bertz CT molecular complexity index is 473. The molecular formula is C14H18BrFN2S. The summed E-state index contributed by atoms with van der Waals surface area (Å²) in [5.41, 5.74) is 6.59. The summed E-state index contributed by atoms with van der Waals surface area (Å²) < 4.78 is 14.5. The first kappa shape index (κ1) is 14.7. The maximum Gasteiger partial charge on any atom is 0.161 e. The average Bonchev–Trinajstić information content (AvgIpc) is 2.41. The summed E-state index contributed by atoms with van der Waals surface area (Å²) in [7, 11) is 0. The first-order chi connectivity index (χ1) is 9.09. The van der Waals surface area contributed by atoms with E-state index in [0.29, 0.717) is 21.6 Å². The summed E-state index contributed by atoms with van der Waals surface area (Å²) in [4.78, 5) is 0.199. The highest BCUT2D eigenvalue weighted by atomic mass is 79.9. The summed E-state index contributed by atoms with van der Waals surface area (Å²) in [5, 5.41) is 3.20. The summed E-state index contributed by atoms with van der Waals surface area (Å²) in [6.07, 6.45) is 6.39. The van der Waals surface area contributed by atoms with Crippen LogP contribution in [-0.4, -0.2) is 11.5 Å². The van der Waals surface area contributed by atoms with Gasteiger partial charge in [0.05, 0.1) is 10.2 Å². The zero-order valence-electron chi connectivity index (χ0n) is 10.7. The minimum Gasteiger partial charge on any atom is -0.389 e. The van der Waals surface area contributed by atoms with Crippen molar-refractivity contribution in [2.24, 2.45) is 11.7 Å². The SMILES string of the molecule is NC(=S)c1ccc(NCC2CCCCC2)c(F)c1Br. The van der Waals surface area contributed by atoms with Gasteiger partial charge in [0.2, 0.25) is 0 Å². The number of thiocarbonyl (C=S) groups is 1. The molecule has 19 heavy (non-hydrogen) atoms. The summed E-state index contributed by atoms with van der Waals surface area (Å²) in [6, 6.07) is 3.45. The molecule has 0 bridgehead atoms. The molecule has 1 fully saturated rings. The molecule has 3 N–H and O–H groups in total. The fraction of sp³-hybridized carbons (Fsp3) is 0.500. The predicted octanol–water partition coefficient (Wildman–Crippen LogP) is 4.21. The summed E-state index contributed by atoms with van der Waals surface area (Å²) in [6.45, 7) is 0.829. The molecule has 0 aromatic heterocycles. The van der Waals surface area contributed by atoms with Crippen LogP contribution in [0.25, 0.3) is 0 Å². The Labute approximate surface area is 127 Å². The second kappa shape index (κ2) is 6.66. The number of benzene rings is 1. The third kappa shape index (κ3) is 3.66. The first-order valence-electron chi connectivity index (χ1n) is 6.61. The van der Waals surface area contributed by atoms with Crippen molar-refractivity contribution < 1.29 is 4.39 Å². The van der Waals surface area contributed by atoms with E-state index in [1.807, 2.05) is 0 Å². The van der Waals surface area contributed by atoms with Crippen molar-refractivity contribution in [1.82, 2.24) is 0 Å². The zero-order chi connectivity index (χ0) is 13.8. The molecular weight excluding hydrogens is 327 g/mol. The molecule has 0 aliphatic heterocycles. The number of hydrogen-bond acceptors (Lipinski definition) is 2. The molecule has 2 nitrogen and oxygen atoms in total. The van der Waals surface area contributed by atoms with Crippen LogP contribution in [0, 0.1) is 11.7 Å². The quantitative estimate of drug-likeness (QED) is 0.803. The lowest BCUT2D eigenvalue weighted by Gasteiger charge is -2.22. The smallest absolute Gasteiger partial charge is 0.161 e. The van der Waals surface area contributed by atoms with Crippen LogP contribution in [0.2, 0.25) is 0 Å². The van der Waals surface area contributed by atoms with Crippen LogP contribution < -0.4 is 11.1 Å². The Morgan fingerprint density at radius 2 is 2.05 bits per heavy atom. The van der Waals surface area contributed by atoms with Gasteiger partial charge in [-0.2, -0.15) is 0 Å². The molecule has 1 saturated carbocycles. The molecule has 1 aliphatic rings. The van der Waals surface area contributed by atoms with E-state index >= 15 is 0 Å². The van der Waals surface area contributed by atoms with Gasteiger partial charge in [0.25, 0.3) is 0 Å². The zero-order valence-corrected chi connectivity index (χ0v) is 13.1. The second-order valence-electron chi connectivity index (χ2n) is 5.04. The molecule has 1 aromatic rings. The Hall–Kier alpha value is -0.680. The normalized spacial score (nSPS) is 16.3. The third-order valence-corrected chi connectivity index (χ3v) is 4.65. The van der Waals surface area contributed by atoms with Crippen LogP contribution in [0.5, 0.6) is 0 Å². The van der Waals surface area contributed by atoms with Crippen molar-refractivity contribution in [3.05, 3.63) is 28.0 Å². The Morgan fingerprint density at radius 3 is 2.68 bits per heavy atom. The van der Waals surface area contributed by atoms with Crippen LogP contribution in [0.3, 0.4) is 0 Å². The number of hydrogen-bond donors (Lipinski definition) is 2. The number of rotatable bonds is 4. The van der Waals surface area contributed by atoms with Gasteiger partial charge in [-0.25, -0.2) is 4.39 Å². The van der Waals surface area contributed by atoms with E-state index in [-0.39, 0.29) is 10.8 Å². The molecule has 0 atom stereocenters. The largest absolute Gasteiger partial charge is 0.389 e. The lowest BCUT2D eigenvalue weighted by atomic mass is 9.89. The van der Waals surface area contributed by atoms with Crippen molar-refractivity contribution in [3.63, 3.8) is 0 Å². The molecule has 0 saturated heterocycles. The topological polar surface area (TPSA) is 38.0 Å². The lowest BCUT2D eigenvalue weighted by molar-refractivity contribution is 0.373. The maximum absolute atomic E-state index is 14.2. The average molecular weight is 345 g/mol. The van der Waals surface area contributed by atoms with Crippen LogP contribution in [0.4, 0.5) is 10.1 Å². The van der Waals surface area contributed by atoms with Gasteiger partial charge in [-0.3, -0.25) is 0 Å². The molecule has 5 heteroatoms. The molecule has 1 aromatic carbocycles. The fourth-order valence-corrected chi connectivity index (χ4v) is 3.38. The highest BCUT2D eigenvalue weighted by Crippen LogP contribution is 2.29. The highest BCUT2D eigenvalue weighted by molar-refractivity contribution is 9.10. The van der Waals surface area contributed by atoms with E-state index in [1.54, 1.807) is 12.1 Å². The van der Waals surface area contributed by atoms with E-state index in [0.717, 1.165) is 6.54 Å². The molecule has 1 aliphatic carbocycles. The Morgan fingerprint density at radius 1 is 1.37 bits per heavy atom. The molecule has 0 spiro atoms. The van der Waals surface area contributed by atoms with Gasteiger partial charge in [0.1, 0.15) is 4.99 Å². The van der Waals surface area contributed by atoms with Crippen LogP contribution in [-0.2, 0) is 0 Å². The highest BCUT2D eigenvalue weighted by Gasteiger charge is 2.16. The summed E-state index contributed by atoms with van der Waals surface area (Å²) in [5.74, 6) is 0.336. The van der Waals surface area contributed by atoms with Gasteiger partial charge in [-0.05, 0) is 46.8 Å². The lowest BCUT2D eigenvalue weighted by Crippen LogP contribution is -2.18.